The van der Waals surface area contributed by atoms with Crippen LogP contribution in [0, 0.1) is 20.8 Å². The molecule has 0 N–H and O–H groups in total. The van der Waals surface area contributed by atoms with Crippen LogP contribution in [0.1, 0.15) is 116 Å². The van der Waals surface area contributed by atoms with Crippen LogP contribution in [0.3, 0.4) is 0 Å². The van der Waals surface area contributed by atoms with Crippen LogP contribution in [0.2, 0.25) is 0 Å². The molecular formula is C62H65N3. The van der Waals surface area contributed by atoms with Crippen LogP contribution in [0.4, 0.5) is 0 Å². The van der Waals surface area contributed by atoms with Crippen molar-refractivity contribution in [1.82, 2.24) is 15.0 Å². The fourth-order valence-corrected chi connectivity index (χ4v) is 9.11. The van der Waals surface area contributed by atoms with Crippen LogP contribution >= 0.6 is 0 Å². The molecule has 328 valence electrons. The molecule has 0 aliphatic heterocycles. The molecule has 3 aromatic heterocycles. The molecule has 8 rings (SSSR count). The molecule has 3 nitrogen and oxygen atoms in total. The minimum absolute atomic E-state index is 0.159. The Bertz CT molecular complexity index is 2970. The first-order valence-electron chi connectivity index (χ1n) is 25.5. The fraction of sp³-hybridized carbons (Fsp3) is 0.274. The van der Waals surface area contributed by atoms with E-state index in [0.29, 0.717) is 36.1 Å². The zero-order valence-electron chi connectivity index (χ0n) is 44.6. The highest BCUT2D eigenvalue weighted by Crippen LogP contribution is 2.40. The number of aromatic nitrogens is 3. The second-order valence-electron chi connectivity index (χ2n) is 18.9. The summed E-state index contributed by atoms with van der Waals surface area (Å²) in [6, 6.07) is 48.2. The standard InChI is InChI=1S/C62H65N3/c1-10-42(2)46-26-28-47(29-27-46)55-36-60(50-24-18-13-19-25-50)63-39-51(55)30-33-54-43(3)56(37-61(6,7)52-31-34-58(64-40-52)48-20-14-11-15-21-48)45(5)57(44(54)4)38-62(8,9)53-32-35-59(65-41-53)49-22-16-12-17-23-49/h11-29,31-32,34-36,39-42H,10,30,33,37-38H2,1-9H3/i30D2,33D2,42D. The predicted octanol–water partition coefficient (Wildman–Crippen LogP) is 15.8. The Balaban J connectivity index is 1.28. The molecule has 8 aromatic rings. The molecule has 0 aliphatic rings. The summed E-state index contributed by atoms with van der Waals surface area (Å²) in [5.41, 5.74) is 13.9. The topological polar surface area (TPSA) is 38.7 Å². The average Bonchev–Trinajstić information content (AvgIpc) is 3.37. The van der Waals surface area contributed by atoms with E-state index in [1.165, 1.54) is 6.20 Å². The van der Waals surface area contributed by atoms with Crippen molar-refractivity contribution in [2.45, 2.75) is 111 Å². The van der Waals surface area contributed by atoms with Crippen molar-refractivity contribution in [2.75, 3.05) is 0 Å². The van der Waals surface area contributed by atoms with Crippen LogP contribution in [0.15, 0.2) is 164 Å². The molecule has 0 radical (unpaired) electrons. The van der Waals surface area contributed by atoms with Gasteiger partial charge >= 0.3 is 0 Å². The molecule has 0 bridgehead atoms. The zero-order chi connectivity index (χ0) is 50.2. The van der Waals surface area contributed by atoms with E-state index in [4.69, 9.17) is 16.3 Å². The number of pyridine rings is 3. The van der Waals surface area contributed by atoms with Gasteiger partial charge in [-0.15, -0.1) is 0 Å². The van der Waals surface area contributed by atoms with Crippen LogP contribution in [-0.2, 0) is 36.4 Å². The van der Waals surface area contributed by atoms with Crippen LogP contribution in [0.5, 0.6) is 0 Å². The molecular weight excluding hydrogens is 787 g/mol. The third-order valence-corrected chi connectivity index (χ3v) is 13.5. The number of aryl methyl sites for hydroxylation is 1. The molecule has 0 fully saturated rings. The highest BCUT2D eigenvalue weighted by atomic mass is 14.7. The third-order valence-electron chi connectivity index (χ3n) is 13.5. The monoisotopic (exact) mass is 857 g/mol. The quantitative estimate of drug-likeness (QED) is 0.103. The lowest BCUT2D eigenvalue weighted by atomic mass is 9.72. The molecule has 0 amide bonds. The van der Waals surface area contributed by atoms with Gasteiger partial charge in [-0.2, -0.15) is 0 Å². The minimum atomic E-state index is -2.57. The Morgan fingerprint density at radius 2 is 0.923 bits per heavy atom. The summed E-state index contributed by atoms with van der Waals surface area (Å²) in [5, 5.41) is 0. The number of hydrogen-bond donors (Lipinski definition) is 0. The van der Waals surface area contributed by atoms with Gasteiger partial charge in [-0.3, -0.25) is 15.0 Å². The smallest absolute Gasteiger partial charge is 0.0708 e. The summed E-state index contributed by atoms with van der Waals surface area (Å²) in [6.45, 7) is 18.9. The van der Waals surface area contributed by atoms with Crippen molar-refractivity contribution >= 4 is 0 Å². The number of nitrogens with zero attached hydrogens (tertiary/aromatic N) is 3. The van der Waals surface area contributed by atoms with Gasteiger partial charge in [0.1, 0.15) is 0 Å². The molecule has 0 saturated carbocycles. The second-order valence-corrected chi connectivity index (χ2v) is 18.9. The SMILES string of the molecule is [2H]C(C)(CC)c1ccc(-c2cc(-c3ccccc3)ncc2C([2H])([2H])C([2H])([2H])c2c(C)c(CC(C)(C)c3ccc(-c4ccccc4)nc3)c(C)c(CC(C)(C)c3ccc(-c4ccccc4)nc3)c2C)cc1. The maximum atomic E-state index is 10.3. The summed E-state index contributed by atoms with van der Waals surface area (Å²) in [6.07, 6.45) is 2.12. The molecule has 3 heteroatoms. The summed E-state index contributed by atoms with van der Waals surface area (Å²) in [5.74, 6) is -0.787. The molecule has 5 aromatic carbocycles. The largest absolute Gasteiger partial charge is 0.256 e. The number of benzene rings is 5. The molecule has 1 atom stereocenters. The van der Waals surface area contributed by atoms with Crippen molar-refractivity contribution in [3.63, 3.8) is 0 Å². The van der Waals surface area contributed by atoms with E-state index >= 15 is 0 Å². The van der Waals surface area contributed by atoms with Crippen molar-refractivity contribution in [3.8, 4) is 44.9 Å². The molecule has 0 aliphatic carbocycles. The average molecular weight is 857 g/mol. The molecule has 3 heterocycles. The van der Waals surface area contributed by atoms with Gasteiger partial charge in [-0.1, -0.05) is 169 Å². The first-order chi connectivity index (χ1) is 33.2. The van der Waals surface area contributed by atoms with E-state index in [9.17, 15) is 5.48 Å². The van der Waals surface area contributed by atoms with Crippen molar-refractivity contribution in [2.24, 2.45) is 0 Å². The van der Waals surface area contributed by atoms with E-state index in [1.807, 2.05) is 137 Å². The Kier molecular flexibility index (Phi) is 11.6. The molecule has 0 saturated heterocycles. The van der Waals surface area contributed by atoms with Gasteiger partial charge in [-0.25, -0.2) is 0 Å². The van der Waals surface area contributed by atoms with Crippen LogP contribution in [0.25, 0.3) is 44.9 Å². The summed E-state index contributed by atoms with van der Waals surface area (Å²) < 4.78 is 49.8. The van der Waals surface area contributed by atoms with E-state index in [-0.39, 0.29) is 5.56 Å². The van der Waals surface area contributed by atoms with E-state index in [2.05, 4.69) is 83.1 Å². The highest BCUT2D eigenvalue weighted by molar-refractivity contribution is 5.73. The maximum absolute atomic E-state index is 10.3. The van der Waals surface area contributed by atoms with E-state index < -0.39 is 29.5 Å². The molecule has 65 heavy (non-hydrogen) atoms. The zero-order valence-corrected chi connectivity index (χ0v) is 39.6. The second kappa shape index (κ2) is 19.3. The van der Waals surface area contributed by atoms with Crippen molar-refractivity contribution in [1.29, 1.82) is 0 Å². The van der Waals surface area contributed by atoms with Crippen molar-refractivity contribution in [3.05, 3.63) is 220 Å². The maximum Gasteiger partial charge on any atom is 0.0708 e. The summed E-state index contributed by atoms with van der Waals surface area (Å²) in [4.78, 5) is 14.7. The number of hydrogen-bond acceptors (Lipinski definition) is 3. The lowest BCUT2D eigenvalue weighted by Crippen LogP contribution is -2.26. The molecule has 1 unspecified atom stereocenters. The van der Waals surface area contributed by atoms with Gasteiger partial charge in [0.05, 0.1) is 17.1 Å². The minimum Gasteiger partial charge on any atom is -0.256 e. The highest BCUT2D eigenvalue weighted by Gasteiger charge is 2.30. The van der Waals surface area contributed by atoms with Gasteiger partial charge in [0, 0.05) is 42.1 Å². The Morgan fingerprint density at radius 3 is 1.35 bits per heavy atom. The van der Waals surface area contributed by atoms with Crippen LogP contribution in [-0.4, -0.2) is 15.0 Å². The van der Waals surface area contributed by atoms with Gasteiger partial charge < -0.3 is 0 Å². The Morgan fingerprint density at radius 1 is 0.492 bits per heavy atom. The van der Waals surface area contributed by atoms with Crippen molar-refractivity contribution < 1.29 is 6.85 Å². The van der Waals surface area contributed by atoms with Gasteiger partial charge in [0.15, 0.2) is 0 Å². The normalized spacial score (nSPS) is 14.4. The van der Waals surface area contributed by atoms with E-state index in [1.54, 1.807) is 0 Å². The van der Waals surface area contributed by atoms with Gasteiger partial charge in [0.25, 0.3) is 0 Å². The third kappa shape index (κ3) is 9.96. The lowest BCUT2D eigenvalue weighted by molar-refractivity contribution is 0.507. The predicted molar refractivity (Wildman–Crippen MR) is 275 cm³/mol. The first kappa shape index (κ1) is 39.0. The molecule has 0 spiro atoms. The summed E-state index contributed by atoms with van der Waals surface area (Å²) in [7, 11) is 0. The Labute approximate surface area is 396 Å². The van der Waals surface area contributed by atoms with Gasteiger partial charge in [-0.05, 0) is 154 Å². The number of rotatable bonds is 15. The summed E-state index contributed by atoms with van der Waals surface area (Å²) >= 11 is 0. The lowest BCUT2D eigenvalue weighted by Gasteiger charge is -2.33. The fourth-order valence-electron chi connectivity index (χ4n) is 9.11. The van der Waals surface area contributed by atoms with Crippen LogP contribution < -0.4 is 0 Å². The Hall–Kier alpha value is -6.45. The first-order valence-corrected chi connectivity index (χ1v) is 23.0. The van der Waals surface area contributed by atoms with Gasteiger partial charge in [0.2, 0.25) is 0 Å². The van der Waals surface area contributed by atoms with E-state index in [0.717, 1.165) is 78.1 Å².